The highest BCUT2D eigenvalue weighted by Crippen LogP contribution is 2.34. The van der Waals surface area contributed by atoms with E-state index in [4.69, 9.17) is 4.55 Å². The highest BCUT2D eigenvalue weighted by molar-refractivity contribution is 7.86. The van der Waals surface area contributed by atoms with Crippen LogP contribution in [0.2, 0.25) is 0 Å². The number of rotatable bonds is 6. The third-order valence-corrected chi connectivity index (χ3v) is 5.61. The van der Waals surface area contributed by atoms with Crippen LogP contribution >= 0.6 is 0 Å². The van der Waals surface area contributed by atoms with E-state index in [-0.39, 0.29) is 0 Å². The third-order valence-electron chi connectivity index (χ3n) is 4.36. The minimum atomic E-state index is -3.88. The minimum absolute atomic E-state index is 0.506. The standard InChI is InChI=1S/C16H24O3S/c1-13(20(17,18)19)6-4-7-14-8-5-11-16(12-14)15-9-2-3-10-15/h5,8,11-13,15H,2-4,6-7,9-10H2,1H3,(H,17,18,19). The van der Waals surface area contributed by atoms with Gasteiger partial charge in [0.25, 0.3) is 10.1 Å². The van der Waals surface area contributed by atoms with Gasteiger partial charge in [0.15, 0.2) is 0 Å². The van der Waals surface area contributed by atoms with E-state index in [0.717, 1.165) is 12.8 Å². The van der Waals surface area contributed by atoms with Crippen LogP contribution in [0.5, 0.6) is 0 Å². The lowest BCUT2D eigenvalue weighted by atomic mass is 9.94. The molecule has 1 aliphatic carbocycles. The monoisotopic (exact) mass is 296 g/mol. The summed E-state index contributed by atoms with van der Waals surface area (Å²) in [5, 5.41) is -0.666. The second-order valence-corrected chi connectivity index (χ2v) is 7.78. The average Bonchev–Trinajstić information content (AvgIpc) is 2.92. The molecule has 1 aliphatic rings. The second kappa shape index (κ2) is 6.72. The van der Waals surface area contributed by atoms with E-state index in [1.807, 2.05) is 0 Å². The zero-order valence-corrected chi connectivity index (χ0v) is 12.9. The predicted molar refractivity (Wildman–Crippen MR) is 81.6 cm³/mol. The van der Waals surface area contributed by atoms with Crippen molar-refractivity contribution < 1.29 is 13.0 Å². The molecule has 1 saturated carbocycles. The van der Waals surface area contributed by atoms with Gasteiger partial charge in [-0.25, -0.2) is 0 Å². The SMILES string of the molecule is CC(CCCc1cccc(C2CCCC2)c1)S(=O)(=O)O. The van der Waals surface area contributed by atoms with Crippen LogP contribution < -0.4 is 0 Å². The van der Waals surface area contributed by atoms with Crippen molar-refractivity contribution in [1.82, 2.24) is 0 Å². The maximum Gasteiger partial charge on any atom is 0.267 e. The van der Waals surface area contributed by atoms with Crippen LogP contribution in [0, 0.1) is 0 Å². The van der Waals surface area contributed by atoms with Gasteiger partial charge in [-0.1, -0.05) is 37.1 Å². The molecule has 0 heterocycles. The van der Waals surface area contributed by atoms with E-state index >= 15 is 0 Å². The van der Waals surface area contributed by atoms with Crippen molar-refractivity contribution in [2.24, 2.45) is 0 Å². The molecule has 1 unspecified atom stereocenters. The predicted octanol–water partition coefficient (Wildman–Crippen LogP) is 3.94. The highest BCUT2D eigenvalue weighted by Gasteiger charge is 2.18. The third kappa shape index (κ3) is 4.32. The van der Waals surface area contributed by atoms with Crippen molar-refractivity contribution in [3.05, 3.63) is 35.4 Å². The number of hydrogen-bond acceptors (Lipinski definition) is 2. The lowest BCUT2D eigenvalue weighted by Gasteiger charge is -2.12. The quantitative estimate of drug-likeness (QED) is 0.809. The largest absolute Gasteiger partial charge is 0.285 e. The number of benzene rings is 1. The molecule has 1 N–H and O–H groups in total. The summed E-state index contributed by atoms with van der Waals surface area (Å²) in [6.45, 7) is 1.56. The van der Waals surface area contributed by atoms with Gasteiger partial charge < -0.3 is 0 Å². The van der Waals surface area contributed by atoms with E-state index in [1.54, 1.807) is 6.92 Å². The fraction of sp³-hybridized carbons (Fsp3) is 0.625. The maximum absolute atomic E-state index is 11.0. The van der Waals surface area contributed by atoms with Gasteiger partial charge in [0.2, 0.25) is 0 Å². The van der Waals surface area contributed by atoms with E-state index in [1.165, 1.54) is 36.8 Å². The lowest BCUT2D eigenvalue weighted by Crippen LogP contribution is -2.16. The maximum atomic E-state index is 11.0. The van der Waals surface area contributed by atoms with Crippen molar-refractivity contribution in [3.8, 4) is 0 Å². The molecule has 0 amide bonds. The minimum Gasteiger partial charge on any atom is -0.285 e. The number of aryl methyl sites for hydroxylation is 1. The Morgan fingerprint density at radius 1 is 1.30 bits per heavy atom. The second-order valence-electron chi connectivity index (χ2n) is 5.94. The van der Waals surface area contributed by atoms with Gasteiger partial charge in [-0.2, -0.15) is 8.42 Å². The first kappa shape index (κ1) is 15.5. The normalized spacial score (nSPS) is 18.3. The molecule has 0 saturated heterocycles. The highest BCUT2D eigenvalue weighted by atomic mass is 32.2. The van der Waals surface area contributed by atoms with E-state index in [2.05, 4.69) is 24.3 Å². The molecule has 2 rings (SSSR count). The summed E-state index contributed by atoms with van der Waals surface area (Å²) in [5.74, 6) is 0.715. The topological polar surface area (TPSA) is 54.4 Å². The van der Waals surface area contributed by atoms with Gasteiger partial charge in [-0.3, -0.25) is 4.55 Å². The fourth-order valence-corrected chi connectivity index (χ4v) is 3.47. The van der Waals surface area contributed by atoms with Gasteiger partial charge in [-0.05, 0) is 56.1 Å². The Morgan fingerprint density at radius 2 is 2.00 bits per heavy atom. The Kier molecular flexibility index (Phi) is 5.22. The Morgan fingerprint density at radius 3 is 2.65 bits per heavy atom. The van der Waals surface area contributed by atoms with E-state index in [0.29, 0.717) is 12.3 Å². The molecule has 1 aromatic rings. The van der Waals surface area contributed by atoms with Crippen molar-refractivity contribution in [1.29, 1.82) is 0 Å². The van der Waals surface area contributed by atoms with Gasteiger partial charge in [0, 0.05) is 0 Å². The Balaban J connectivity index is 1.88. The van der Waals surface area contributed by atoms with Crippen LogP contribution in [-0.2, 0) is 16.5 Å². The molecule has 1 fully saturated rings. The van der Waals surface area contributed by atoms with Gasteiger partial charge >= 0.3 is 0 Å². The Hall–Kier alpha value is -0.870. The molecule has 20 heavy (non-hydrogen) atoms. The first-order chi connectivity index (χ1) is 9.47. The molecule has 0 bridgehead atoms. The summed E-state index contributed by atoms with van der Waals surface area (Å²) in [4.78, 5) is 0. The zero-order valence-electron chi connectivity index (χ0n) is 12.1. The van der Waals surface area contributed by atoms with Crippen LogP contribution in [0.3, 0.4) is 0 Å². The lowest BCUT2D eigenvalue weighted by molar-refractivity contribution is 0.464. The van der Waals surface area contributed by atoms with E-state index < -0.39 is 15.4 Å². The molecule has 1 atom stereocenters. The molecule has 0 radical (unpaired) electrons. The average molecular weight is 296 g/mol. The smallest absolute Gasteiger partial charge is 0.267 e. The molecule has 1 aromatic carbocycles. The van der Waals surface area contributed by atoms with Gasteiger partial charge in [0.05, 0.1) is 5.25 Å². The summed E-state index contributed by atoms with van der Waals surface area (Å²) in [6, 6.07) is 8.69. The number of hydrogen-bond donors (Lipinski definition) is 1. The molecule has 0 aromatic heterocycles. The van der Waals surface area contributed by atoms with Crippen molar-refractivity contribution in [3.63, 3.8) is 0 Å². The van der Waals surface area contributed by atoms with Crippen molar-refractivity contribution >= 4 is 10.1 Å². The summed E-state index contributed by atoms with van der Waals surface area (Å²) >= 11 is 0. The van der Waals surface area contributed by atoms with Crippen LogP contribution in [0.1, 0.15) is 62.5 Å². The van der Waals surface area contributed by atoms with Crippen molar-refractivity contribution in [2.45, 2.75) is 63.0 Å². The zero-order chi connectivity index (χ0) is 14.6. The molecule has 3 nitrogen and oxygen atoms in total. The molecule has 4 heteroatoms. The summed E-state index contributed by atoms with van der Waals surface area (Å²) < 4.78 is 30.9. The Labute approximate surface area is 122 Å². The first-order valence-electron chi connectivity index (χ1n) is 7.52. The van der Waals surface area contributed by atoms with E-state index in [9.17, 15) is 8.42 Å². The fourth-order valence-electron chi connectivity index (χ4n) is 3.00. The van der Waals surface area contributed by atoms with Gasteiger partial charge in [0.1, 0.15) is 0 Å². The van der Waals surface area contributed by atoms with Crippen LogP contribution in [-0.4, -0.2) is 18.2 Å². The molecule has 0 aliphatic heterocycles. The summed E-state index contributed by atoms with van der Waals surface area (Å²) in [7, 11) is -3.88. The molecular weight excluding hydrogens is 272 g/mol. The molecule has 0 spiro atoms. The molecule has 112 valence electrons. The van der Waals surface area contributed by atoms with Crippen molar-refractivity contribution in [2.75, 3.05) is 0 Å². The summed E-state index contributed by atoms with van der Waals surface area (Å²) in [5.41, 5.74) is 2.71. The summed E-state index contributed by atoms with van der Waals surface area (Å²) in [6.07, 6.45) is 7.43. The molecular formula is C16H24O3S. The van der Waals surface area contributed by atoms with Crippen LogP contribution in [0.15, 0.2) is 24.3 Å². The van der Waals surface area contributed by atoms with Gasteiger partial charge in [-0.15, -0.1) is 0 Å². The Bertz CT molecular complexity index is 530. The van der Waals surface area contributed by atoms with Crippen LogP contribution in [0.4, 0.5) is 0 Å². The first-order valence-corrected chi connectivity index (χ1v) is 9.02. The van der Waals surface area contributed by atoms with Crippen LogP contribution in [0.25, 0.3) is 0 Å².